The Hall–Kier alpha value is -2.88. The summed E-state index contributed by atoms with van der Waals surface area (Å²) in [6.45, 7) is 2.05. The molecule has 1 fully saturated rings. The standard InChI is InChI=1S/C21H20N2O2/c1-15-8-10-17(11-9-15)21(12-5-13-21)20(24)22-19-14-18(25-23-19)16-6-3-2-4-7-16/h2-4,6-11,14H,5,12-13H2,1H3,(H,22,23,24). The van der Waals surface area contributed by atoms with Gasteiger partial charge in [0.25, 0.3) is 0 Å². The molecule has 0 bridgehead atoms. The van der Waals surface area contributed by atoms with Crippen LogP contribution in [-0.2, 0) is 10.2 Å². The van der Waals surface area contributed by atoms with Crippen molar-refractivity contribution >= 4 is 11.7 Å². The van der Waals surface area contributed by atoms with Crippen LogP contribution in [0.1, 0.15) is 30.4 Å². The topological polar surface area (TPSA) is 55.1 Å². The van der Waals surface area contributed by atoms with E-state index in [1.807, 2.05) is 30.3 Å². The van der Waals surface area contributed by atoms with Gasteiger partial charge in [-0.3, -0.25) is 4.79 Å². The van der Waals surface area contributed by atoms with Crippen molar-refractivity contribution < 1.29 is 9.32 Å². The predicted octanol–water partition coefficient (Wildman–Crippen LogP) is 4.71. The van der Waals surface area contributed by atoms with Crippen LogP contribution in [0.15, 0.2) is 65.2 Å². The maximum absolute atomic E-state index is 13.0. The van der Waals surface area contributed by atoms with Crippen molar-refractivity contribution in [3.8, 4) is 11.3 Å². The van der Waals surface area contributed by atoms with Gasteiger partial charge in [-0.25, -0.2) is 0 Å². The Morgan fingerprint density at radius 1 is 1.08 bits per heavy atom. The van der Waals surface area contributed by atoms with E-state index >= 15 is 0 Å². The highest BCUT2D eigenvalue weighted by molar-refractivity contribution is 5.99. The van der Waals surface area contributed by atoms with Gasteiger partial charge in [-0.15, -0.1) is 0 Å². The fourth-order valence-corrected chi connectivity index (χ4v) is 3.36. The summed E-state index contributed by atoms with van der Waals surface area (Å²) in [7, 11) is 0. The first-order chi connectivity index (χ1) is 12.2. The van der Waals surface area contributed by atoms with E-state index < -0.39 is 5.41 Å². The van der Waals surface area contributed by atoms with E-state index in [0.29, 0.717) is 11.6 Å². The fourth-order valence-electron chi connectivity index (χ4n) is 3.36. The number of aromatic nitrogens is 1. The Labute approximate surface area is 146 Å². The second kappa shape index (κ2) is 6.20. The molecule has 1 heterocycles. The number of anilines is 1. The number of nitrogens with one attached hydrogen (secondary N) is 1. The molecule has 2 aromatic carbocycles. The lowest BCUT2D eigenvalue weighted by molar-refractivity contribution is -0.124. The smallest absolute Gasteiger partial charge is 0.236 e. The van der Waals surface area contributed by atoms with Crippen molar-refractivity contribution in [3.05, 3.63) is 71.8 Å². The van der Waals surface area contributed by atoms with Crippen LogP contribution in [0, 0.1) is 6.92 Å². The predicted molar refractivity (Wildman–Crippen MR) is 97.3 cm³/mol. The zero-order chi connectivity index (χ0) is 17.3. The number of amides is 1. The highest BCUT2D eigenvalue weighted by atomic mass is 16.5. The summed E-state index contributed by atoms with van der Waals surface area (Å²) in [4.78, 5) is 13.0. The molecule has 126 valence electrons. The average molecular weight is 332 g/mol. The van der Waals surface area contributed by atoms with Gasteiger partial charge in [0.1, 0.15) is 0 Å². The number of hydrogen-bond acceptors (Lipinski definition) is 3. The average Bonchev–Trinajstić information content (AvgIpc) is 3.05. The Balaban J connectivity index is 1.55. The number of aryl methyl sites for hydroxylation is 1. The van der Waals surface area contributed by atoms with E-state index in [1.54, 1.807) is 6.07 Å². The van der Waals surface area contributed by atoms with Crippen LogP contribution in [-0.4, -0.2) is 11.1 Å². The minimum Gasteiger partial charge on any atom is -0.354 e. The van der Waals surface area contributed by atoms with E-state index in [9.17, 15) is 4.79 Å². The third-order valence-corrected chi connectivity index (χ3v) is 5.06. The maximum Gasteiger partial charge on any atom is 0.236 e. The lowest BCUT2D eigenvalue weighted by Crippen LogP contribution is -2.46. The van der Waals surface area contributed by atoms with Crippen LogP contribution < -0.4 is 5.32 Å². The first-order valence-corrected chi connectivity index (χ1v) is 8.58. The van der Waals surface area contributed by atoms with E-state index in [-0.39, 0.29) is 5.91 Å². The number of hydrogen-bond donors (Lipinski definition) is 1. The van der Waals surface area contributed by atoms with Crippen molar-refractivity contribution in [1.82, 2.24) is 5.16 Å². The first-order valence-electron chi connectivity index (χ1n) is 8.58. The molecular weight excluding hydrogens is 312 g/mol. The van der Waals surface area contributed by atoms with Gasteiger partial charge in [0.15, 0.2) is 11.6 Å². The van der Waals surface area contributed by atoms with E-state index in [4.69, 9.17) is 4.52 Å². The minimum absolute atomic E-state index is 0.00415. The van der Waals surface area contributed by atoms with Gasteiger partial charge in [-0.2, -0.15) is 0 Å². The second-order valence-electron chi connectivity index (χ2n) is 6.70. The van der Waals surface area contributed by atoms with E-state index in [0.717, 1.165) is 30.4 Å². The van der Waals surface area contributed by atoms with Gasteiger partial charge in [-0.05, 0) is 25.3 Å². The molecule has 1 N–H and O–H groups in total. The molecule has 4 rings (SSSR count). The highest BCUT2D eigenvalue weighted by Gasteiger charge is 2.45. The van der Waals surface area contributed by atoms with Crippen molar-refractivity contribution in [2.24, 2.45) is 0 Å². The summed E-state index contributed by atoms with van der Waals surface area (Å²) in [5, 5.41) is 6.95. The molecule has 0 aliphatic heterocycles. The fraction of sp³-hybridized carbons (Fsp3) is 0.238. The summed E-state index contributed by atoms with van der Waals surface area (Å²) in [5.41, 5.74) is 2.77. The zero-order valence-corrected chi connectivity index (χ0v) is 14.2. The van der Waals surface area contributed by atoms with Crippen LogP contribution >= 0.6 is 0 Å². The largest absolute Gasteiger partial charge is 0.354 e. The van der Waals surface area contributed by atoms with Crippen LogP contribution in [0.5, 0.6) is 0 Å². The lowest BCUT2D eigenvalue weighted by Gasteiger charge is -2.40. The maximum atomic E-state index is 13.0. The Morgan fingerprint density at radius 2 is 1.80 bits per heavy atom. The number of rotatable bonds is 4. The second-order valence-corrected chi connectivity index (χ2v) is 6.70. The van der Waals surface area contributed by atoms with Crippen LogP contribution in [0.2, 0.25) is 0 Å². The molecule has 0 spiro atoms. The molecule has 1 saturated carbocycles. The summed E-state index contributed by atoms with van der Waals surface area (Å²) < 4.78 is 5.37. The van der Waals surface area contributed by atoms with Gasteiger partial charge in [0, 0.05) is 11.6 Å². The molecule has 25 heavy (non-hydrogen) atoms. The molecule has 1 aliphatic carbocycles. The van der Waals surface area contributed by atoms with E-state index in [2.05, 4.69) is 41.7 Å². The SMILES string of the molecule is Cc1ccc(C2(C(=O)Nc3cc(-c4ccccc4)on3)CCC2)cc1. The van der Waals surface area contributed by atoms with Crippen LogP contribution in [0.25, 0.3) is 11.3 Å². The monoisotopic (exact) mass is 332 g/mol. The quantitative estimate of drug-likeness (QED) is 0.753. The Kier molecular flexibility index (Phi) is 3.88. The normalized spacial score (nSPS) is 15.4. The summed E-state index contributed by atoms with van der Waals surface area (Å²) in [6.07, 6.45) is 2.80. The molecule has 0 radical (unpaired) electrons. The molecule has 1 aromatic heterocycles. The molecule has 4 heteroatoms. The molecule has 3 aromatic rings. The highest BCUT2D eigenvalue weighted by Crippen LogP contribution is 2.44. The summed E-state index contributed by atoms with van der Waals surface area (Å²) >= 11 is 0. The minimum atomic E-state index is -0.445. The van der Waals surface area contributed by atoms with Crippen molar-refractivity contribution in [3.63, 3.8) is 0 Å². The molecule has 1 aliphatic rings. The molecule has 0 unspecified atom stereocenters. The molecule has 0 saturated heterocycles. The number of carbonyl (C=O) groups is 1. The number of carbonyl (C=O) groups excluding carboxylic acids is 1. The van der Waals surface area contributed by atoms with Gasteiger partial charge < -0.3 is 9.84 Å². The number of nitrogens with zero attached hydrogens (tertiary/aromatic N) is 1. The first kappa shape index (κ1) is 15.6. The zero-order valence-electron chi connectivity index (χ0n) is 14.2. The summed E-state index contributed by atoms with van der Waals surface area (Å²) in [6, 6.07) is 19.8. The third-order valence-electron chi connectivity index (χ3n) is 5.06. The van der Waals surface area contributed by atoms with E-state index in [1.165, 1.54) is 5.56 Å². The van der Waals surface area contributed by atoms with Gasteiger partial charge in [0.2, 0.25) is 5.91 Å². The summed E-state index contributed by atoms with van der Waals surface area (Å²) in [5.74, 6) is 1.10. The molecule has 1 amide bonds. The van der Waals surface area contributed by atoms with Crippen molar-refractivity contribution in [1.29, 1.82) is 0 Å². The van der Waals surface area contributed by atoms with Gasteiger partial charge >= 0.3 is 0 Å². The van der Waals surface area contributed by atoms with Crippen LogP contribution in [0.4, 0.5) is 5.82 Å². The number of benzene rings is 2. The van der Waals surface area contributed by atoms with Gasteiger partial charge in [0.05, 0.1) is 5.41 Å². The molecule has 0 atom stereocenters. The van der Waals surface area contributed by atoms with Crippen LogP contribution in [0.3, 0.4) is 0 Å². The lowest BCUT2D eigenvalue weighted by atomic mass is 9.63. The van der Waals surface area contributed by atoms with Gasteiger partial charge in [-0.1, -0.05) is 71.7 Å². The van der Waals surface area contributed by atoms with Crippen molar-refractivity contribution in [2.45, 2.75) is 31.6 Å². The molecule has 4 nitrogen and oxygen atoms in total. The third kappa shape index (κ3) is 2.84. The Morgan fingerprint density at radius 3 is 2.44 bits per heavy atom. The van der Waals surface area contributed by atoms with Crippen molar-refractivity contribution in [2.75, 3.05) is 5.32 Å². The molecular formula is C21H20N2O2. The Bertz CT molecular complexity index is 878.